The number of nitrogens with zero attached hydrogens (tertiary/aromatic N) is 3. The van der Waals surface area contributed by atoms with Crippen LogP contribution in [-0.4, -0.2) is 15.0 Å². The smallest absolute Gasteiger partial charge is 0.164 e. The monoisotopic (exact) mass is 629 g/mol. The molecule has 0 spiro atoms. The van der Waals surface area contributed by atoms with Crippen molar-refractivity contribution < 1.29 is 0 Å². The summed E-state index contributed by atoms with van der Waals surface area (Å²) in [5.74, 6) is 2.01. The molecule has 0 saturated carbocycles. The average Bonchev–Trinajstić information content (AvgIpc) is 3.42. The standard InChI is InChI=1S/C46H35N3/c1-2-5-14-34(15-6-3-1)36-27-30-39(31-28-36)45-47-44(38-21-11-19-35(26-29-38)33-16-7-4-8-17-33)48-46(49-45)41-23-12-22-40(32-41)43-25-13-20-37-18-9-10-24-42(37)43/h1-2,4,6-20,22-32H,3,5,21H2/b2-1-,15-6-,34-14+. The van der Waals surface area contributed by atoms with Gasteiger partial charge in [-0.2, -0.15) is 0 Å². The number of allylic oxidation sites excluding steroid dienone is 12. The Morgan fingerprint density at radius 1 is 0.429 bits per heavy atom. The van der Waals surface area contributed by atoms with Crippen molar-refractivity contribution >= 4 is 27.5 Å². The van der Waals surface area contributed by atoms with Crippen molar-refractivity contribution in [1.29, 1.82) is 0 Å². The van der Waals surface area contributed by atoms with Crippen LogP contribution >= 0.6 is 0 Å². The van der Waals surface area contributed by atoms with E-state index >= 15 is 0 Å². The molecule has 2 aliphatic rings. The molecule has 0 radical (unpaired) electrons. The SMILES string of the molecule is C1=CC(c2ccccc2)=CC=C(c2nc(-c3ccc(C4=C/C/C=C\C/C=C\4)cc3)nc(-c3cccc(-c4cccc5ccccc45)c3)n2)C1. The van der Waals surface area contributed by atoms with Crippen LogP contribution in [0.2, 0.25) is 0 Å². The minimum Gasteiger partial charge on any atom is -0.209 e. The molecule has 0 fully saturated rings. The number of fused-ring (bicyclic) bond motifs is 1. The third kappa shape index (κ3) is 6.65. The highest BCUT2D eigenvalue weighted by molar-refractivity contribution is 5.97. The summed E-state index contributed by atoms with van der Waals surface area (Å²) in [5, 5.41) is 2.44. The maximum atomic E-state index is 5.12. The maximum Gasteiger partial charge on any atom is 0.164 e. The summed E-state index contributed by atoms with van der Waals surface area (Å²) < 4.78 is 0. The lowest BCUT2D eigenvalue weighted by Gasteiger charge is -2.12. The molecular formula is C46H35N3. The highest BCUT2D eigenvalue weighted by atomic mass is 15.0. The molecule has 0 atom stereocenters. The molecule has 0 bridgehead atoms. The molecule has 3 heteroatoms. The predicted octanol–water partition coefficient (Wildman–Crippen LogP) is 11.7. The fourth-order valence-corrected chi connectivity index (χ4v) is 6.45. The van der Waals surface area contributed by atoms with Gasteiger partial charge < -0.3 is 0 Å². The first kappa shape index (κ1) is 30.2. The lowest BCUT2D eigenvalue weighted by Crippen LogP contribution is -2.03. The van der Waals surface area contributed by atoms with E-state index in [1.165, 1.54) is 33.0 Å². The Hall–Kier alpha value is -6.19. The molecule has 0 aliphatic heterocycles. The van der Waals surface area contributed by atoms with Gasteiger partial charge in [0, 0.05) is 16.7 Å². The molecule has 1 aromatic heterocycles. The Balaban J connectivity index is 1.22. The first-order chi connectivity index (χ1) is 24.3. The van der Waals surface area contributed by atoms with Gasteiger partial charge in [-0.15, -0.1) is 0 Å². The minimum atomic E-state index is 0.657. The molecule has 49 heavy (non-hydrogen) atoms. The lowest BCUT2D eigenvalue weighted by molar-refractivity contribution is 1.02. The van der Waals surface area contributed by atoms with Gasteiger partial charge in [-0.1, -0.05) is 170 Å². The van der Waals surface area contributed by atoms with E-state index in [-0.39, 0.29) is 0 Å². The lowest BCUT2D eigenvalue weighted by atomic mass is 9.97. The van der Waals surface area contributed by atoms with E-state index in [0.29, 0.717) is 17.5 Å². The second-order valence-electron chi connectivity index (χ2n) is 12.3. The van der Waals surface area contributed by atoms with E-state index < -0.39 is 0 Å². The van der Waals surface area contributed by atoms with E-state index in [9.17, 15) is 0 Å². The second kappa shape index (κ2) is 13.9. The van der Waals surface area contributed by atoms with Gasteiger partial charge in [-0.3, -0.25) is 0 Å². The molecule has 1 heterocycles. The zero-order valence-corrected chi connectivity index (χ0v) is 27.2. The quantitative estimate of drug-likeness (QED) is 0.172. The predicted molar refractivity (Wildman–Crippen MR) is 205 cm³/mol. The molecule has 2 aliphatic carbocycles. The van der Waals surface area contributed by atoms with Gasteiger partial charge in [0.2, 0.25) is 0 Å². The number of aromatic nitrogens is 3. The average molecular weight is 630 g/mol. The maximum absolute atomic E-state index is 5.12. The molecule has 6 aromatic rings. The molecule has 3 nitrogen and oxygen atoms in total. The number of benzene rings is 5. The second-order valence-corrected chi connectivity index (χ2v) is 12.3. The molecule has 0 saturated heterocycles. The summed E-state index contributed by atoms with van der Waals surface area (Å²) in [5.41, 5.74) is 10.0. The third-order valence-electron chi connectivity index (χ3n) is 9.04. The largest absolute Gasteiger partial charge is 0.209 e. The molecule has 234 valence electrons. The number of hydrogen-bond donors (Lipinski definition) is 0. The summed E-state index contributed by atoms with van der Waals surface area (Å²) in [7, 11) is 0. The van der Waals surface area contributed by atoms with Gasteiger partial charge in [-0.25, -0.2) is 15.0 Å². The Morgan fingerprint density at radius 3 is 1.98 bits per heavy atom. The summed E-state index contributed by atoms with van der Waals surface area (Å²) in [6.45, 7) is 0. The zero-order valence-electron chi connectivity index (χ0n) is 27.2. The fourth-order valence-electron chi connectivity index (χ4n) is 6.45. The van der Waals surface area contributed by atoms with Crippen LogP contribution in [0, 0.1) is 0 Å². The summed E-state index contributed by atoms with van der Waals surface area (Å²) in [4.78, 5) is 15.3. The fraction of sp³-hybridized carbons (Fsp3) is 0.0652. The van der Waals surface area contributed by atoms with Crippen molar-refractivity contribution in [2.75, 3.05) is 0 Å². The Labute approximate surface area is 287 Å². The molecule has 8 rings (SSSR count). The van der Waals surface area contributed by atoms with Gasteiger partial charge in [0.1, 0.15) is 0 Å². The summed E-state index contributed by atoms with van der Waals surface area (Å²) in [6, 6.07) is 42.6. The van der Waals surface area contributed by atoms with Gasteiger partial charge in [0.15, 0.2) is 17.5 Å². The van der Waals surface area contributed by atoms with Crippen LogP contribution in [0.15, 0.2) is 176 Å². The molecular weight excluding hydrogens is 595 g/mol. The van der Waals surface area contributed by atoms with Crippen LogP contribution in [0.25, 0.3) is 61.4 Å². The minimum absolute atomic E-state index is 0.657. The molecule has 0 unspecified atom stereocenters. The van der Waals surface area contributed by atoms with Crippen LogP contribution in [0.1, 0.15) is 36.2 Å². The van der Waals surface area contributed by atoms with E-state index in [2.05, 4.69) is 170 Å². The van der Waals surface area contributed by atoms with Crippen molar-refractivity contribution in [2.24, 2.45) is 0 Å². The van der Waals surface area contributed by atoms with Crippen LogP contribution in [0.5, 0.6) is 0 Å². The van der Waals surface area contributed by atoms with Gasteiger partial charge >= 0.3 is 0 Å². The van der Waals surface area contributed by atoms with Crippen molar-refractivity contribution in [1.82, 2.24) is 15.0 Å². The Kier molecular flexibility index (Phi) is 8.55. The van der Waals surface area contributed by atoms with E-state index in [4.69, 9.17) is 15.0 Å². The first-order valence-electron chi connectivity index (χ1n) is 16.9. The normalized spacial score (nSPS) is 16.8. The molecule has 0 N–H and O–H groups in total. The van der Waals surface area contributed by atoms with E-state index in [0.717, 1.165) is 47.1 Å². The number of hydrogen-bond acceptors (Lipinski definition) is 3. The van der Waals surface area contributed by atoms with Crippen molar-refractivity contribution in [3.63, 3.8) is 0 Å². The van der Waals surface area contributed by atoms with E-state index in [1.54, 1.807) is 0 Å². The van der Waals surface area contributed by atoms with Gasteiger partial charge in [-0.05, 0) is 69.5 Å². The third-order valence-corrected chi connectivity index (χ3v) is 9.04. The first-order valence-corrected chi connectivity index (χ1v) is 16.9. The Morgan fingerprint density at radius 2 is 1.08 bits per heavy atom. The highest BCUT2D eigenvalue weighted by Gasteiger charge is 2.16. The van der Waals surface area contributed by atoms with E-state index in [1.807, 2.05) is 6.07 Å². The van der Waals surface area contributed by atoms with Crippen LogP contribution in [0.3, 0.4) is 0 Å². The highest BCUT2D eigenvalue weighted by Crippen LogP contribution is 2.33. The van der Waals surface area contributed by atoms with Gasteiger partial charge in [0.05, 0.1) is 0 Å². The van der Waals surface area contributed by atoms with Crippen molar-refractivity contribution in [3.8, 4) is 33.9 Å². The molecule has 5 aromatic carbocycles. The molecule has 0 amide bonds. The zero-order chi connectivity index (χ0) is 32.8. The number of rotatable bonds is 6. The summed E-state index contributed by atoms with van der Waals surface area (Å²) >= 11 is 0. The van der Waals surface area contributed by atoms with Crippen molar-refractivity contribution in [2.45, 2.75) is 19.3 Å². The Bertz CT molecular complexity index is 2330. The summed E-state index contributed by atoms with van der Waals surface area (Å²) in [6.07, 6.45) is 22.4. The van der Waals surface area contributed by atoms with Crippen molar-refractivity contribution in [3.05, 3.63) is 193 Å². The van der Waals surface area contributed by atoms with Crippen LogP contribution in [-0.2, 0) is 0 Å². The van der Waals surface area contributed by atoms with Crippen LogP contribution in [0.4, 0.5) is 0 Å². The van der Waals surface area contributed by atoms with Crippen LogP contribution < -0.4 is 0 Å². The topological polar surface area (TPSA) is 38.7 Å². The van der Waals surface area contributed by atoms with Gasteiger partial charge in [0.25, 0.3) is 0 Å².